The SMILES string of the molecule is CCn1nncc1O[C@H]1CCCNC1. The molecule has 1 aliphatic rings. The Labute approximate surface area is 83.4 Å². The first-order chi connectivity index (χ1) is 6.90. The van der Waals surface area contributed by atoms with Crippen LogP contribution in [0.3, 0.4) is 0 Å². The summed E-state index contributed by atoms with van der Waals surface area (Å²) in [5.74, 6) is 0.779. The third kappa shape index (κ3) is 2.04. The zero-order chi connectivity index (χ0) is 9.80. The Kier molecular flexibility index (Phi) is 2.98. The molecular formula is C9H16N4O. The summed E-state index contributed by atoms with van der Waals surface area (Å²) in [6.45, 7) is 4.86. The minimum absolute atomic E-state index is 0.271. The maximum Gasteiger partial charge on any atom is 0.232 e. The van der Waals surface area contributed by atoms with E-state index in [0.29, 0.717) is 0 Å². The van der Waals surface area contributed by atoms with Gasteiger partial charge in [-0.3, -0.25) is 0 Å². The lowest BCUT2D eigenvalue weighted by molar-refractivity contribution is 0.152. The fourth-order valence-electron chi connectivity index (χ4n) is 1.65. The van der Waals surface area contributed by atoms with Crippen LogP contribution in [0, 0.1) is 0 Å². The van der Waals surface area contributed by atoms with Crippen molar-refractivity contribution < 1.29 is 4.74 Å². The second-order valence-corrected chi connectivity index (χ2v) is 3.47. The molecule has 1 N–H and O–H groups in total. The Bertz CT molecular complexity index is 280. The van der Waals surface area contributed by atoms with E-state index in [1.807, 2.05) is 6.92 Å². The molecule has 0 unspecified atom stereocenters. The minimum Gasteiger partial charge on any atom is -0.472 e. The molecule has 0 spiro atoms. The van der Waals surface area contributed by atoms with Crippen LogP contribution in [0.15, 0.2) is 6.20 Å². The zero-order valence-electron chi connectivity index (χ0n) is 8.44. The molecule has 0 aliphatic carbocycles. The predicted molar refractivity (Wildman–Crippen MR) is 52.2 cm³/mol. The van der Waals surface area contributed by atoms with Gasteiger partial charge in [-0.1, -0.05) is 5.21 Å². The highest BCUT2D eigenvalue weighted by Crippen LogP contribution is 2.13. The second kappa shape index (κ2) is 4.41. The van der Waals surface area contributed by atoms with Crippen LogP contribution in [0.2, 0.25) is 0 Å². The van der Waals surface area contributed by atoms with E-state index in [4.69, 9.17) is 4.74 Å². The predicted octanol–water partition coefficient (Wildman–Crippen LogP) is 0.429. The number of hydrogen-bond donors (Lipinski definition) is 1. The molecule has 0 saturated carbocycles. The molecule has 1 fully saturated rings. The van der Waals surface area contributed by atoms with Crippen molar-refractivity contribution in [2.45, 2.75) is 32.4 Å². The molecule has 5 nitrogen and oxygen atoms in total. The highest BCUT2D eigenvalue weighted by Gasteiger charge is 2.16. The van der Waals surface area contributed by atoms with Crippen LogP contribution >= 0.6 is 0 Å². The molecule has 2 rings (SSSR count). The van der Waals surface area contributed by atoms with Crippen LogP contribution in [-0.4, -0.2) is 34.2 Å². The van der Waals surface area contributed by atoms with Crippen molar-refractivity contribution in [2.75, 3.05) is 13.1 Å². The average Bonchev–Trinajstić information content (AvgIpc) is 2.67. The summed E-state index contributed by atoms with van der Waals surface area (Å²) >= 11 is 0. The molecule has 0 bridgehead atoms. The molecule has 1 aliphatic heterocycles. The number of nitrogens with zero attached hydrogens (tertiary/aromatic N) is 3. The summed E-state index contributed by atoms with van der Waals surface area (Å²) in [6, 6.07) is 0. The van der Waals surface area contributed by atoms with Crippen molar-refractivity contribution in [3.63, 3.8) is 0 Å². The van der Waals surface area contributed by atoms with Gasteiger partial charge in [0.1, 0.15) is 12.3 Å². The van der Waals surface area contributed by atoms with E-state index in [-0.39, 0.29) is 6.10 Å². The van der Waals surface area contributed by atoms with E-state index in [2.05, 4.69) is 15.6 Å². The first kappa shape index (κ1) is 9.45. The van der Waals surface area contributed by atoms with Crippen molar-refractivity contribution >= 4 is 0 Å². The highest BCUT2D eigenvalue weighted by molar-refractivity contribution is 5.02. The fraction of sp³-hybridized carbons (Fsp3) is 0.778. The van der Waals surface area contributed by atoms with Gasteiger partial charge in [0, 0.05) is 13.1 Å². The molecule has 1 aromatic rings. The number of aromatic nitrogens is 3. The van der Waals surface area contributed by atoms with Crippen LogP contribution in [0.4, 0.5) is 0 Å². The molecule has 1 atom stereocenters. The van der Waals surface area contributed by atoms with Crippen LogP contribution < -0.4 is 10.1 Å². The van der Waals surface area contributed by atoms with Crippen molar-refractivity contribution in [2.24, 2.45) is 0 Å². The van der Waals surface area contributed by atoms with Gasteiger partial charge in [0.25, 0.3) is 0 Å². The third-order valence-corrected chi connectivity index (χ3v) is 2.42. The second-order valence-electron chi connectivity index (χ2n) is 3.47. The Morgan fingerprint density at radius 2 is 2.64 bits per heavy atom. The first-order valence-electron chi connectivity index (χ1n) is 5.16. The largest absolute Gasteiger partial charge is 0.472 e. The number of ether oxygens (including phenoxy) is 1. The summed E-state index contributed by atoms with van der Waals surface area (Å²) in [7, 11) is 0. The van der Waals surface area contributed by atoms with Gasteiger partial charge < -0.3 is 10.1 Å². The van der Waals surface area contributed by atoms with Gasteiger partial charge in [0.15, 0.2) is 0 Å². The Hall–Kier alpha value is -1.10. The summed E-state index contributed by atoms with van der Waals surface area (Å²) in [5, 5.41) is 11.1. The molecule has 14 heavy (non-hydrogen) atoms. The molecule has 0 aromatic carbocycles. The highest BCUT2D eigenvalue weighted by atomic mass is 16.5. The van der Waals surface area contributed by atoms with Crippen LogP contribution in [0.1, 0.15) is 19.8 Å². The topological polar surface area (TPSA) is 52.0 Å². The van der Waals surface area contributed by atoms with E-state index in [1.165, 1.54) is 6.42 Å². The lowest BCUT2D eigenvalue weighted by Gasteiger charge is -2.23. The van der Waals surface area contributed by atoms with Gasteiger partial charge in [-0.2, -0.15) is 0 Å². The normalized spacial score (nSPS) is 22.2. The van der Waals surface area contributed by atoms with Gasteiger partial charge in [0.05, 0.1) is 0 Å². The number of piperidine rings is 1. The lowest BCUT2D eigenvalue weighted by Crippen LogP contribution is -2.37. The average molecular weight is 196 g/mol. The Balaban J connectivity index is 1.95. The molecule has 0 radical (unpaired) electrons. The molecule has 5 heteroatoms. The van der Waals surface area contributed by atoms with Crippen LogP contribution in [0.25, 0.3) is 0 Å². The smallest absolute Gasteiger partial charge is 0.232 e. The van der Waals surface area contributed by atoms with Gasteiger partial charge in [0.2, 0.25) is 5.88 Å². The third-order valence-electron chi connectivity index (χ3n) is 2.42. The van der Waals surface area contributed by atoms with Crippen molar-refractivity contribution in [1.82, 2.24) is 20.3 Å². The lowest BCUT2D eigenvalue weighted by atomic mass is 10.1. The van der Waals surface area contributed by atoms with E-state index in [1.54, 1.807) is 10.9 Å². The molecule has 1 saturated heterocycles. The molecular weight excluding hydrogens is 180 g/mol. The van der Waals surface area contributed by atoms with E-state index in [0.717, 1.165) is 31.9 Å². The van der Waals surface area contributed by atoms with Crippen molar-refractivity contribution in [1.29, 1.82) is 0 Å². The standard InChI is InChI=1S/C9H16N4O/c1-2-13-9(7-11-12-13)14-8-4-3-5-10-6-8/h7-8,10H,2-6H2,1H3/t8-/m0/s1. The van der Waals surface area contributed by atoms with E-state index in [9.17, 15) is 0 Å². The maximum atomic E-state index is 5.79. The summed E-state index contributed by atoms with van der Waals surface area (Å²) in [6.07, 6.45) is 4.24. The molecule has 2 heterocycles. The summed E-state index contributed by atoms with van der Waals surface area (Å²) in [4.78, 5) is 0. The first-order valence-corrected chi connectivity index (χ1v) is 5.16. The summed E-state index contributed by atoms with van der Waals surface area (Å²) < 4.78 is 7.57. The van der Waals surface area contributed by atoms with Crippen LogP contribution in [0.5, 0.6) is 5.88 Å². The van der Waals surface area contributed by atoms with Gasteiger partial charge >= 0.3 is 0 Å². The number of nitrogens with one attached hydrogen (secondary N) is 1. The van der Waals surface area contributed by atoms with Crippen molar-refractivity contribution in [3.8, 4) is 5.88 Å². The van der Waals surface area contributed by atoms with Gasteiger partial charge in [-0.15, -0.1) is 5.10 Å². The minimum atomic E-state index is 0.271. The Morgan fingerprint density at radius 1 is 1.71 bits per heavy atom. The van der Waals surface area contributed by atoms with Gasteiger partial charge in [-0.05, 0) is 26.3 Å². The zero-order valence-corrected chi connectivity index (χ0v) is 8.44. The molecule has 1 aromatic heterocycles. The monoisotopic (exact) mass is 196 g/mol. The number of rotatable bonds is 3. The Morgan fingerprint density at radius 3 is 3.36 bits per heavy atom. The number of hydrogen-bond acceptors (Lipinski definition) is 4. The van der Waals surface area contributed by atoms with Gasteiger partial charge in [-0.25, -0.2) is 4.68 Å². The van der Waals surface area contributed by atoms with Crippen molar-refractivity contribution in [3.05, 3.63) is 6.20 Å². The number of aryl methyl sites for hydroxylation is 1. The molecule has 78 valence electrons. The fourth-order valence-corrected chi connectivity index (χ4v) is 1.65. The van der Waals surface area contributed by atoms with E-state index >= 15 is 0 Å². The summed E-state index contributed by atoms with van der Waals surface area (Å²) in [5.41, 5.74) is 0. The van der Waals surface area contributed by atoms with E-state index < -0.39 is 0 Å². The maximum absolute atomic E-state index is 5.79. The quantitative estimate of drug-likeness (QED) is 0.761. The van der Waals surface area contributed by atoms with Crippen LogP contribution in [-0.2, 0) is 6.54 Å². The molecule has 0 amide bonds.